The number of guanidine groups is 1. The third-order valence-corrected chi connectivity index (χ3v) is 4.50. The standard InChI is InChI=1S/C21H26N4O/c1-15-11-16(2)13-18(12-15)24-21(22)23-14-17-6-8-19(9-7-17)25-10-4-3-5-20(25)26/h6-9,11-13H,3-5,10,14H2,1-2H3,(H3,22,23,24). The van der Waals surface area contributed by atoms with Crippen molar-refractivity contribution in [3.05, 3.63) is 59.2 Å². The van der Waals surface area contributed by atoms with Crippen molar-refractivity contribution in [1.29, 1.82) is 0 Å². The van der Waals surface area contributed by atoms with Gasteiger partial charge in [-0.25, -0.2) is 4.99 Å². The Hall–Kier alpha value is -2.82. The van der Waals surface area contributed by atoms with E-state index in [2.05, 4.69) is 30.2 Å². The Kier molecular flexibility index (Phi) is 5.56. The molecule has 0 aromatic heterocycles. The van der Waals surface area contributed by atoms with Crippen LogP contribution in [0.15, 0.2) is 47.5 Å². The largest absolute Gasteiger partial charge is 0.370 e. The molecule has 0 aliphatic carbocycles. The third kappa shape index (κ3) is 4.63. The van der Waals surface area contributed by atoms with Gasteiger partial charge in [0.25, 0.3) is 0 Å². The number of carbonyl (C=O) groups excluding carboxylic acids is 1. The van der Waals surface area contributed by atoms with Crippen molar-refractivity contribution in [3.63, 3.8) is 0 Å². The molecule has 5 heteroatoms. The quantitative estimate of drug-likeness (QED) is 0.652. The second-order valence-electron chi connectivity index (χ2n) is 6.87. The number of carbonyl (C=O) groups is 1. The van der Waals surface area contributed by atoms with Crippen molar-refractivity contribution in [2.45, 2.75) is 39.7 Å². The molecule has 0 spiro atoms. The van der Waals surface area contributed by atoms with Crippen LogP contribution in [0.5, 0.6) is 0 Å². The number of anilines is 2. The van der Waals surface area contributed by atoms with Crippen molar-refractivity contribution in [2.24, 2.45) is 10.7 Å². The molecule has 0 radical (unpaired) electrons. The Balaban J connectivity index is 1.61. The van der Waals surface area contributed by atoms with Gasteiger partial charge in [0.15, 0.2) is 5.96 Å². The number of hydrogen-bond acceptors (Lipinski definition) is 2. The van der Waals surface area contributed by atoms with Gasteiger partial charge < -0.3 is 16.0 Å². The molecular formula is C21H26N4O. The normalized spacial score (nSPS) is 15.2. The van der Waals surface area contributed by atoms with Gasteiger partial charge in [-0.15, -0.1) is 0 Å². The summed E-state index contributed by atoms with van der Waals surface area (Å²) in [4.78, 5) is 18.3. The van der Waals surface area contributed by atoms with Crippen LogP contribution in [0.25, 0.3) is 0 Å². The number of nitrogens with zero attached hydrogens (tertiary/aromatic N) is 2. The highest BCUT2D eigenvalue weighted by atomic mass is 16.2. The number of rotatable bonds is 4. The fraction of sp³-hybridized carbons (Fsp3) is 0.333. The minimum absolute atomic E-state index is 0.212. The predicted octanol–water partition coefficient (Wildman–Crippen LogP) is 3.75. The smallest absolute Gasteiger partial charge is 0.226 e. The van der Waals surface area contributed by atoms with E-state index >= 15 is 0 Å². The maximum atomic E-state index is 12.0. The Morgan fingerprint density at radius 3 is 2.46 bits per heavy atom. The van der Waals surface area contributed by atoms with E-state index in [0.29, 0.717) is 18.9 Å². The summed E-state index contributed by atoms with van der Waals surface area (Å²) in [5.74, 6) is 0.606. The van der Waals surface area contributed by atoms with Gasteiger partial charge in [0, 0.05) is 24.3 Å². The first-order chi connectivity index (χ1) is 12.5. The first kappa shape index (κ1) is 18.0. The van der Waals surface area contributed by atoms with Crippen molar-refractivity contribution in [1.82, 2.24) is 0 Å². The average Bonchev–Trinajstić information content (AvgIpc) is 2.60. The molecule has 1 heterocycles. The minimum Gasteiger partial charge on any atom is -0.370 e. The van der Waals surface area contributed by atoms with Crippen LogP contribution in [0.3, 0.4) is 0 Å². The Morgan fingerprint density at radius 1 is 1.12 bits per heavy atom. The van der Waals surface area contributed by atoms with Gasteiger partial charge in [0.1, 0.15) is 0 Å². The fourth-order valence-corrected chi connectivity index (χ4v) is 3.27. The van der Waals surface area contributed by atoms with Crippen molar-refractivity contribution < 1.29 is 4.79 Å². The molecule has 2 aromatic carbocycles. The molecule has 2 aromatic rings. The molecule has 1 fully saturated rings. The molecule has 3 N–H and O–H groups in total. The summed E-state index contributed by atoms with van der Waals surface area (Å²) in [6.07, 6.45) is 2.71. The second-order valence-corrected chi connectivity index (χ2v) is 6.87. The maximum Gasteiger partial charge on any atom is 0.226 e. The molecule has 1 saturated heterocycles. The van der Waals surface area contributed by atoms with Gasteiger partial charge in [0.05, 0.1) is 6.54 Å². The van der Waals surface area contributed by atoms with Crippen LogP contribution in [0, 0.1) is 13.8 Å². The van der Waals surface area contributed by atoms with Crippen LogP contribution >= 0.6 is 0 Å². The number of aliphatic imine (C=N–C) groups is 1. The summed E-state index contributed by atoms with van der Waals surface area (Å²) in [5, 5.41) is 3.14. The molecule has 0 bridgehead atoms. The molecule has 5 nitrogen and oxygen atoms in total. The Labute approximate surface area is 154 Å². The molecule has 0 atom stereocenters. The Bertz CT molecular complexity index is 791. The summed E-state index contributed by atoms with van der Waals surface area (Å²) in [6, 6.07) is 14.2. The summed E-state index contributed by atoms with van der Waals surface area (Å²) in [7, 11) is 0. The van der Waals surface area contributed by atoms with Gasteiger partial charge in [-0.2, -0.15) is 0 Å². The lowest BCUT2D eigenvalue weighted by molar-refractivity contribution is -0.119. The van der Waals surface area contributed by atoms with Gasteiger partial charge in [-0.05, 0) is 67.6 Å². The number of benzene rings is 2. The van der Waals surface area contributed by atoms with Crippen molar-refractivity contribution in [3.8, 4) is 0 Å². The van der Waals surface area contributed by atoms with E-state index in [0.717, 1.165) is 36.3 Å². The van der Waals surface area contributed by atoms with Crippen molar-refractivity contribution >= 4 is 23.2 Å². The van der Waals surface area contributed by atoms with E-state index < -0.39 is 0 Å². The lowest BCUT2D eigenvalue weighted by atomic mass is 10.1. The summed E-state index contributed by atoms with van der Waals surface area (Å²) >= 11 is 0. The molecule has 3 rings (SSSR count). The van der Waals surface area contributed by atoms with E-state index in [1.54, 1.807) is 0 Å². The number of piperidine rings is 1. The Morgan fingerprint density at radius 2 is 1.81 bits per heavy atom. The summed E-state index contributed by atoms with van der Waals surface area (Å²) < 4.78 is 0. The highest BCUT2D eigenvalue weighted by Gasteiger charge is 2.19. The van der Waals surface area contributed by atoms with E-state index in [1.165, 1.54) is 11.1 Å². The molecule has 26 heavy (non-hydrogen) atoms. The SMILES string of the molecule is Cc1cc(C)cc(NC(N)=NCc2ccc(N3CCCCC3=O)cc2)c1. The highest BCUT2D eigenvalue weighted by molar-refractivity contribution is 5.94. The first-order valence-corrected chi connectivity index (χ1v) is 9.06. The van der Waals surface area contributed by atoms with Gasteiger partial charge in [-0.1, -0.05) is 18.2 Å². The molecule has 1 aliphatic heterocycles. The van der Waals surface area contributed by atoms with Gasteiger partial charge in [0.2, 0.25) is 5.91 Å². The van der Waals surface area contributed by atoms with E-state index in [4.69, 9.17) is 5.73 Å². The second kappa shape index (κ2) is 8.04. The zero-order chi connectivity index (χ0) is 18.5. The number of nitrogens with one attached hydrogen (secondary N) is 1. The van der Waals surface area contributed by atoms with Crippen LogP contribution in [0.2, 0.25) is 0 Å². The van der Waals surface area contributed by atoms with Gasteiger partial charge in [-0.3, -0.25) is 4.79 Å². The molecule has 1 amide bonds. The topological polar surface area (TPSA) is 70.7 Å². The number of hydrogen-bond donors (Lipinski definition) is 2. The molecule has 136 valence electrons. The zero-order valence-corrected chi connectivity index (χ0v) is 15.5. The zero-order valence-electron chi connectivity index (χ0n) is 15.5. The highest BCUT2D eigenvalue weighted by Crippen LogP contribution is 2.21. The summed E-state index contributed by atoms with van der Waals surface area (Å²) in [5.41, 5.74) is 11.3. The average molecular weight is 350 g/mol. The molecule has 1 aliphatic rings. The minimum atomic E-state index is 0.212. The lowest BCUT2D eigenvalue weighted by Crippen LogP contribution is -2.35. The summed E-state index contributed by atoms with van der Waals surface area (Å²) in [6.45, 7) is 5.42. The predicted molar refractivity (Wildman–Crippen MR) is 108 cm³/mol. The molecule has 0 unspecified atom stereocenters. The maximum absolute atomic E-state index is 12.0. The molecular weight excluding hydrogens is 324 g/mol. The van der Waals surface area contributed by atoms with Crippen LogP contribution in [-0.4, -0.2) is 18.4 Å². The monoisotopic (exact) mass is 350 g/mol. The number of amides is 1. The molecule has 0 saturated carbocycles. The van der Waals surface area contributed by atoms with Crippen LogP contribution in [0.4, 0.5) is 11.4 Å². The first-order valence-electron chi connectivity index (χ1n) is 9.06. The van der Waals surface area contributed by atoms with Crippen molar-refractivity contribution in [2.75, 3.05) is 16.8 Å². The van der Waals surface area contributed by atoms with Gasteiger partial charge >= 0.3 is 0 Å². The fourth-order valence-electron chi connectivity index (χ4n) is 3.27. The van der Waals surface area contributed by atoms with E-state index in [1.807, 2.05) is 41.3 Å². The van der Waals surface area contributed by atoms with Crippen LogP contribution < -0.4 is 16.0 Å². The third-order valence-electron chi connectivity index (χ3n) is 4.50. The van der Waals surface area contributed by atoms with E-state index in [-0.39, 0.29) is 5.91 Å². The van der Waals surface area contributed by atoms with E-state index in [9.17, 15) is 4.79 Å². The number of nitrogens with two attached hydrogens (primary N) is 1. The number of aryl methyl sites for hydroxylation is 2. The van der Waals surface area contributed by atoms with Crippen LogP contribution in [0.1, 0.15) is 36.0 Å². The lowest BCUT2D eigenvalue weighted by Gasteiger charge is -2.26. The van der Waals surface area contributed by atoms with Crippen LogP contribution in [-0.2, 0) is 11.3 Å².